The first-order valence-electron chi connectivity index (χ1n) is 11.6. The number of ether oxygens (including phenoxy) is 4. The van der Waals surface area contributed by atoms with E-state index in [9.17, 15) is 9.59 Å². The Bertz CT molecular complexity index is 1110. The quantitative estimate of drug-likeness (QED) is 0.624. The molecule has 7 heteroatoms. The Hall–Kier alpha value is -3.16. The molecule has 1 amide bonds. The topological polar surface area (TPSA) is 74.3 Å². The summed E-state index contributed by atoms with van der Waals surface area (Å²) in [7, 11) is 0. The van der Waals surface area contributed by atoms with Crippen LogP contribution in [0.1, 0.15) is 50.8 Å². The van der Waals surface area contributed by atoms with Crippen LogP contribution in [0.3, 0.4) is 0 Å². The Labute approximate surface area is 199 Å². The predicted octanol–water partition coefficient (Wildman–Crippen LogP) is 4.46. The number of carbonyl (C=O) groups excluding carboxylic acids is 2. The van der Waals surface area contributed by atoms with Crippen LogP contribution in [0.4, 0.5) is 5.69 Å². The van der Waals surface area contributed by atoms with Gasteiger partial charge in [-0.15, -0.1) is 0 Å². The zero-order chi connectivity index (χ0) is 23.9. The smallest absolute Gasteiger partial charge is 0.302 e. The Kier molecular flexibility index (Phi) is 5.91. The van der Waals surface area contributed by atoms with Crippen LogP contribution in [0.25, 0.3) is 0 Å². The molecule has 34 heavy (non-hydrogen) atoms. The van der Waals surface area contributed by atoms with Crippen molar-refractivity contribution in [3.63, 3.8) is 0 Å². The Balaban J connectivity index is 1.51. The molecule has 1 saturated heterocycles. The summed E-state index contributed by atoms with van der Waals surface area (Å²) in [5.41, 5.74) is 2.68. The molecule has 0 unspecified atom stereocenters. The number of esters is 1. The molecule has 1 fully saturated rings. The molecule has 5 rings (SSSR count). The van der Waals surface area contributed by atoms with Gasteiger partial charge >= 0.3 is 5.97 Å². The van der Waals surface area contributed by atoms with E-state index in [1.165, 1.54) is 6.92 Å². The van der Waals surface area contributed by atoms with Crippen molar-refractivity contribution in [1.29, 1.82) is 0 Å². The fourth-order valence-corrected chi connectivity index (χ4v) is 5.07. The molecule has 0 spiro atoms. The largest absolute Gasteiger partial charge is 0.489 e. The second kappa shape index (κ2) is 8.89. The van der Waals surface area contributed by atoms with Crippen molar-refractivity contribution in [2.45, 2.75) is 70.4 Å². The summed E-state index contributed by atoms with van der Waals surface area (Å²) in [6.07, 6.45) is 3.13. The Morgan fingerprint density at radius 1 is 1.15 bits per heavy atom. The highest BCUT2D eigenvalue weighted by atomic mass is 16.8. The highest BCUT2D eigenvalue weighted by Gasteiger charge is 2.53. The Morgan fingerprint density at radius 3 is 2.71 bits per heavy atom. The zero-order valence-corrected chi connectivity index (χ0v) is 19.6. The molecule has 0 radical (unpaired) electrons. The maximum Gasteiger partial charge on any atom is 0.302 e. The number of nitrogens with zero attached hydrogens (tertiary/aromatic N) is 1. The number of amides is 1. The lowest BCUT2D eigenvalue weighted by Gasteiger charge is -2.43. The molecule has 7 nitrogen and oxygen atoms in total. The molecule has 0 N–H and O–H groups in total. The van der Waals surface area contributed by atoms with Gasteiger partial charge in [0.15, 0.2) is 5.79 Å². The number of fused-ring (bicyclic) bond motifs is 6. The van der Waals surface area contributed by atoms with E-state index in [4.69, 9.17) is 18.9 Å². The first-order valence-corrected chi connectivity index (χ1v) is 11.6. The Morgan fingerprint density at radius 2 is 1.94 bits per heavy atom. The molecular weight excluding hydrogens is 434 g/mol. The number of rotatable bonds is 4. The fourth-order valence-electron chi connectivity index (χ4n) is 5.07. The summed E-state index contributed by atoms with van der Waals surface area (Å²) in [4.78, 5) is 26.7. The number of carbonyl (C=O) groups is 2. The van der Waals surface area contributed by atoms with E-state index in [1.54, 1.807) is 17.1 Å². The summed E-state index contributed by atoms with van der Waals surface area (Å²) in [6.45, 7) is 5.59. The molecule has 0 bridgehead atoms. The highest BCUT2D eigenvalue weighted by molar-refractivity contribution is 6.03. The number of anilines is 1. The predicted molar refractivity (Wildman–Crippen MR) is 125 cm³/mol. The fraction of sp³-hybridized carbons (Fsp3) is 0.407. The molecule has 4 atom stereocenters. The first-order chi connectivity index (χ1) is 16.3. The first kappa shape index (κ1) is 22.6. The van der Waals surface area contributed by atoms with Crippen molar-refractivity contribution >= 4 is 17.6 Å². The molecular formula is C27H29NO6. The number of benzene rings is 2. The molecule has 2 aromatic rings. The third-order valence-electron chi connectivity index (χ3n) is 6.39. The lowest BCUT2D eigenvalue weighted by Crippen LogP contribution is -2.54. The summed E-state index contributed by atoms with van der Waals surface area (Å²) < 4.78 is 24.3. The summed E-state index contributed by atoms with van der Waals surface area (Å²) >= 11 is 0. The minimum absolute atomic E-state index is 0.128. The van der Waals surface area contributed by atoms with Gasteiger partial charge in [-0.2, -0.15) is 0 Å². The van der Waals surface area contributed by atoms with Crippen molar-refractivity contribution in [3.8, 4) is 5.75 Å². The SMILES string of the molecule is CC(=O)O[C@@H]1C/C=C\C(=O)N2c3ccc(OCc4ccccc4)cc3[C@@H]3OC(C)(C)O[C@H]3[C@@H]2C1. The maximum atomic E-state index is 13.2. The molecule has 178 valence electrons. The van der Waals surface area contributed by atoms with E-state index in [1.807, 2.05) is 62.4 Å². The third kappa shape index (κ3) is 4.45. The van der Waals surface area contributed by atoms with E-state index in [-0.39, 0.29) is 30.1 Å². The minimum atomic E-state index is -0.818. The summed E-state index contributed by atoms with van der Waals surface area (Å²) in [6, 6.07) is 15.3. The molecule has 0 saturated carbocycles. The van der Waals surface area contributed by atoms with Crippen LogP contribution in [-0.2, 0) is 30.4 Å². The average Bonchev–Trinajstić information content (AvgIpc) is 3.12. The molecule has 0 aromatic heterocycles. The number of hydrogen-bond acceptors (Lipinski definition) is 6. The van der Waals surface area contributed by atoms with Crippen LogP contribution in [0.5, 0.6) is 5.75 Å². The normalized spacial score (nSPS) is 28.1. The molecule has 0 aliphatic carbocycles. The monoisotopic (exact) mass is 463 g/mol. The summed E-state index contributed by atoms with van der Waals surface area (Å²) in [5.74, 6) is -0.589. The minimum Gasteiger partial charge on any atom is -0.489 e. The van der Waals surface area contributed by atoms with Crippen molar-refractivity contribution in [3.05, 3.63) is 71.8 Å². The van der Waals surface area contributed by atoms with Gasteiger partial charge in [0.25, 0.3) is 5.91 Å². The van der Waals surface area contributed by atoms with E-state index in [0.717, 1.165) is 16.8 Å². The van der Waals surface area contributed by atoms with Crippen molar-refractivity contribution in [2.24, 2.45) is 0 Å². The van der Waals surface area contributed by atoms with Gasteiger partial charge in [0.1, 0.15) is 30.7 Å². The van der Waals surface area contributed by atoms with Crippen molar-refractivity contribution in [1.82, 2.24) is 0 Å². The van der Waals surface area contributed by atoms with Gasteiger partial charge in [0.2, 0.25) is 0 Å². The van der Waals surface area contributed by atoms with Crippen molar-refractivity contribution in [2.75, 3.05) is 4.90 Å². The molecule has 3 heterocycles. The van der Waals surface area contributed by atoms with Gasteiger partial charge in [-0.25, -0.2) is 0 Å². The van der Waals surface area contributed by atoms with Crippen LogP contribution in [0.2, 0.25) is 0 Å². The van der Waals surface area contributed by atoms with Gasteiger partial charge in [-0.05, 0) is 43.7 Å². The molecule has 2 aromatic carbocycles. The van der Waals surface area contributed by atoms with E-state index in [2.05, 4.69) is 0 Å². The molecule has 3 aliphatic rings. The number of hydrogen-bond donors (Lipinski definition) is 0. The second-order valence-electron chi connectivity index (χ2n) is 9.40. The maximum absolute atomic E-state index is 13.2. The molecule has 3 aliphatic heterocycles. The van der Waals surface area contributed by atoms with E-state index in [0.29, 0.717) is 25.2 Å². The lowest BCUT2D eigenvalue weighted by atomic mass is 9.86. The van der Waals surface area contributed by atoms with Crippen LogP contribution >= 0.6 is 0 Å². The second-order valence-corrected chi connectivity index (χ2v) is 9.40. The van der Waals surface area contributed by atoms with E-state index >= 15 is 0 Å². The standard InChI is InChI=1S/C27H29NO6/c1-17(29)32-20-10-7-11-24(30)28-22-13-12-19(31-16-18-8-5-4-6-9-18)14-21(22)25-26(23(28)15-20)34-27(2,3)33-25/h4-9,11-14,20,23,25-26H,10,15-16H2,1-3H3/b11-7-/t20-,23+,25+,26+/m1/s1. The van der Waals surface area contributed by atoms with Gasteiger partial charge in [0.05, 0.1) is 11.7 Å². The van der Waals surface area contributed by atoms with Crippen LogP contribution in [-0.4, -0.2) is 35.9 Å². The van der Waals surface area contributed by atoms with Crippen LogP contribution in [0.15, 0.2) is 60.7 Å². The zero-order valence-electron chi connectivity index (χ0n) is 19.6. The third-order valence-corrected chi connectivity index (χ3v) is 6.39. The summed E-state index contributed by atoms with van der Waals surface area (Å²) in [5, 5.41) is 0. The lowest BCUT2D eigenvalue weighted by molar-refractivity contribution is -0.152. The van der Waals surface area contributed by atoms with Gasteiger partial charge in [-0.3, -0.25) is 9.59 Å². The van der Waals surface area contributed by atoms with E-state index < -0.39 is 11.9 Å². The van der Waals surface area contributed by atoms with Crippen LogP contribution in [0, 0.1) is 0 Å². The van der Waals surface area contributed by atoms with Crippen LogP contribution < -0.4 is 9.64 Å². The van der Waals surface area contributed by atoms with Gasteiger partial charge in [0, 0.05) is 25.3 Å². The van der Waals surface area contributed by atoms with Crippen molar-refractivity contribution < 1.29 is 28.5 Å². The highest BCUT2D eigenvalue weighted by Crippen LogP contribution is 2.50. The van der Waals surface area contributed by atoms with Gasteiger partial charge in [-0.1, -0.05) is 36.4 Å². The van der Waals surface area contributed by atoms with Gasteiger partial charge < -0.3 is 23.8 Å². The average molecular weight is 464 g/mol.